The predicted molar refractivity (Wildman–Crippen MR) is 463 cm³/mol. The first-order valence-corrected chi connectivity index (χ1v) is 44.3. The van der Waals surface area contributed by atoms with Gasteiger partial charge in [0.1, 0.15) is 26.4 Å². The summed E-state index contributed by atoms with van der Waals surface area (Å²) >= 11 is 0. The molecule has 0 aliphatic heterocycles. The lowest BCUT2D eigenvalue weighted by Crippen LogP contribution is -2.15. The normalized spacial score (nSPS) is 11.5. The molecule has 4 aromatic carbocycles. The van der Waals surface area contributed by atoms with E-state index in [-0.39, 0.29) is 44.3 Å². The average Bonchev–Trinajstić information content (AvgIpc) is 0.826. The average molecular weight is 1650 g/mol. The second-order valence-corrected chi connectivity index (χ2v) is 28.2. The summed E-state index contributed by atoms with van der Waals surface area (Å²) in [6.07, 6.45) is 29.8. The molecule has 0 atom stereocenters. The van der Waals surface area contributed by atoms with Crippen molar-refractivity contribution in [2.75, 3.05) is 254 Å². The summed E-state index contributed by atoms with van der Waals surface area (Å²) in [5, 5.41) is 10.2. The van der Waals surface area contributed by atoms with Crippen LogP contribution in [0.15, 0.2) is 91.0 Å². The minimum atomic E-state index is 0.225. The van der Waals surface area contributed by atoms with E-state index < -0.39 is 0 Å². The van der Waals surface area contributed by atoms with Gasteiger partial charge in [-0.3, -0.25) is 0 Å². The number of hydrogen-bond acceptors (Lipinski definition) is 26. The quantitative estimate of drug-likeness (QED) is 0.0306. The fraction of sp³-hybridized carbons (Fsp3) is 0.703. The minimum Gasteiger partial charge on any atom is -0.487 e. The summed E-state index contributed by atoms with van der Waals surface area (Å²) in [5.41, 5.74) is 4.14. The highest BCUT2D eigenvalue weighted by Gasteiger charge is 2.16. The molecule has 1 aromatic heterocycles. The van der Waals surface area contributed by atoms with Gasteiger partial charge in [0, 0.05) is 55.6 Å². The van der Waals surface area contributed by atoms with Crippen LogP contribution in [0.3, 0.4) is 0 Å². The summed E-state index contributed by atoms with van der Waals surface area (Å²) in [5.74, 6) is 2.66. The van der Waals surface area contributed by atoms with Crippen molar-refractivity contribution in [3.05, 3.63) is 91.0 Å². The molecule has 5 rings (SSSR count). The molecule has 0 bridgehead atoms. The molecule has 0 aliphatic rings. The summed E-state index contributed by atoms with van der Waals surface area (Å²) < 4.78 is 118. The smallest absolute Gasteiger partial charge is 0.233 e. The summed E-state index contributed by atoms with van der Waals surface area (Å²) in [6, 6.07) is 29.3. The lowest BCUT2D eigenvalue weighted by Gasteiger charge is -2.16. The highest BCUT2D eigenvalue weighted by Crippen LogP contribution is 2.34. The largest absolute Gasteiger partial charge is 0.487 e. The molecule has 26 heteroatoms. The van der Waals surface area contributed by atoms with Crippen LogP contribution in [0.5, 0.6) is 23.0 Å². The van der Waals surface area contributed by atoms with Crippen LogP contribution >= 0.6 is 0 Å². The highest BCUT2D eigenvalue weighted by molar-refractivity contribution is 5.69. The van der Waals surface area contributed by atoms with Gasteiger partial charge in [-0.05, 0) is 73.2 Å². The number of nitrogens with one attached hydrogen (secondary N) is 3. The van der Waals surface area contributed by atoms with Gasteiger partial charge >= 0.3 is 0 Å². The number of ether oxygens (including phenoxy) is 20. The first-order valence-electron chi connectivity index (χ1n) is 44.3. The van der Waals surface area contributed by atoms with Crippen molar-refractivity contribution in [1.29, 1.82) is 0 Å². The van der Waals surface area contributed by atoms with Crippen LogP contribution < -0.4 is 34.9 Å². The van der Waals surface area contributed by atoms with Crippen molar-refractivity contribution in [3.63, 3.8) is 0 Å². The number of nitrogens with zero attached hydrogens (tertiary/aromatic N) is 3. The third kappa shape index (κ3) is 56.9. The Morgan fingerprint density at radius 3 is 0.658 bits per heavy atom. The van der Waals surface area contributed by atoms with E-state index in [4.69, 9.17) is 110 Å². The number of benzene rings is 4. The molecule has 664 valence electrons. The molecule has 0 unspecified atom stereocenters. The molecular formula is C91H150N6O20. The van der Waals surface area contributed by atoms with E-state index in [1.54, 1.807) is 0 Å². The van der Waals surface area contributed by atoms with E-state index in [0.717, 1.165) is 68.9 Å². The second-order valence-electron chi connectivity index (χ2n) is 28.2. The number of rotatable bonds is 87. The monoisotopic (exact) mass is 1650 g/mol. The van der Waals surface area contributed by atoms with Crippen LogP contribution in [0.2, 0.25) is 0 Å². The Balaban J connectivity index is 1.20. The fourth-order valence-electron chi connectivity index (χ4n) is 11.8. The van der Waals surface area contributed by atoms with Crippen LogP contribution in [0.1, 0.15) is 182 Å². The highest BCUT2D eigenvalue weighted by atomic mass is 16.6. The van der Waals surface area contributed by atoms with Crippen LogP contribution in [-0.2, 0) is 75.8 Å². The van der Waals surface area contributed by atoms with Gasteiger partial charge in [0.25, 0.3) is 0 Å². The van der Waals surface area contributed by atoms with E-state index in [1.165, 1.54) is 128 Å². The summed E-state index contributed by atoms with van der Waals surface area (Å²) in [4.78, 5) is 14.7. The van der Waals surface area contributed by atoms with E-state index in [9.17, 15) is 0 Å². The molecule has 0 saturated carbocycles. The molecule has 0 fully saturated rings. The third-order valence-electron chi connectivity index (χ3n) is 18.3. The van der Waals surface area contributed by atoms with Crippen LogP contribution in [0.25, 0.3) is 11.1 Å². The maximum absolute atomic E-state index is 6.39. The van der Waals surface area contributed by atoms with Gasteiger partial charge in [0.2, 0.25) is 17.8 Å². The Kier molecular flexibility index (Phi) is 65.9. The number of aromatic nitrogens is 3. The maximum Gasteiger partial charge on any atom is 0.233 e. The SMILES string of the molecule is CCCCCCCCOCCOCCOCCOCCOc1ccc(Nc2nc(Nc3ccc(-c4ccccc4)cc3)nc(Nc3ccc(OCCOCCOCCOCCOCCCCCCCC)c(OCCOCCOCCOCCOCCCCCCCC)c3)n2)cc1OCCOCCOCCOCCOCCCCCCCC. The lowest BCUT2D eigenvalue weighted by atomic mass is 10.1. The number of unbranched alkanes of at least 4 members (excludes halogenated alkanes) is 20. The van der Waals surface area contributed by atoms with Crippen molar-refractivity contribution in [3.8, 4) is 34.1 Å². The molecule has 117 heavy (non-hydrogen) atoms. The Hall–Kier alpha value is -6.15. The maximum atomic E-state index is 6.39. The van der Waals surface area contributed by atoms with E-state index in [0.29, 0.717) is 219 Å². The van der Waals surface area contributed by atoms with Gasteiger partial charge < -0.3 is 111 Å². The molecular weight excluding hydrogens is 1500 g/mol. The van der Waals surface area contributed by atoms with Crippen LogP contribution in [-0.4, -0.2) is 253 Å². The Labute approximate surface area is 702 Å². The van der Waals surface area contributed by atoms with Crippen molar-refractivity contribution in [2.24, 2.45) is 0 Å². The molecule has 0 aliphatic carbocycles. The summed E-state index contributed by atoms with van der Waals surface area (Å²) in [7, 11) is 0. The third-order valence-corrected chi connectivity index (χ3v) is 18.3. The molecule has 0 radical (unpaired) electrons. The molecule has 0 saturated heterocycles. The molecule has 5 aromatic rings. The summed E-state index contributed by atoms with van der Waals surface area (Å²) in [6.45, 7) is 25.8. The minimum absolute atomic E-state index is 0.225. The fourth-order valence-corrected chi connectivity index (χ4v) is 11.8. The van der Waals surface area contributed by atoms with E-state index >= 15 is 0 Å². The van der Waals surface area contributed by atoms with Gasteiger partial charge in [0.05, 0.1) is 185 Å². The van der Waals surface area contributed by atoms with Crippen molar-refractivity contribution < 1.29 is 94.7 Å². The zero-order valence-electron chi connectivity index (χ0n) is 72.1. The van der Waals surface area contributed by atoms with Crippen LogP contribution in [0, 0.1) is 0 Å². The van der Waals surface area contributed by atoms with Crippen molar-refractivity contribution in [1.82, 2.24) is 15.0 Å². The Morgan fingerprint density at radius 2 is 0.393 bits per heavy atom. The van der Waals surface area contributed by atoms with Gasteiger partial charge in [-0.25, -0.2) is 0 Å². The predicted octanol–water partition coefficient (Wildman–Crippen LogP) is 18.0. The topological polar surface area (TPSA) is 259 Å². The molecule has 0 amide bonds. The Bertz CT molecular complexity index is 2860. The van der Waals surface area contributed by atoms with Gasteiger partial charge in [-0.15, -0.1) is 0 Å². The first kappa shape index (κ1) is 101. The standard InChI is InChI=1S/C91H150N6O20/c1-5-9-13-17-21-28-42-98-46-50-102-54-58-106-62-66-110-70-74-114-85-40-38-83(78-87(85)116-76-72-112-68-64-108-60-56-104-52-48-100-44-30-23-19-15-11-7-3)93-90-95-89(92-82-36-34-81(35-37-82)80-32-26-25-27-33-80)96-91(97-90)94-84-39-41-86(115-75-71-111-67-63-107-59-55-103-51-47-99-43-29-22-18-14-10-6-2)88(79-84)117-77-73-113-69-65-109-61-57-105-53-49-101-45-31-24-20-16-12-8-4/h25-27,32-41,78-79H,5-24,28-31,42-77H2,1-4H3,(H3,92,93,94,95,96,97). The van der Waals surface area contributed by atoms with E-state index in [2.05, 4.69) is 67.9 Å². The molecule has 0 spiro atoms. The van der Waals surface area contributed by atoms with Gasteiger partial charge in [-0.2, -0.15) is 15.0 Å². The Morgan fingerprint density at radius 1 is 0.188 bits per heavy atom. The molecule has 1 heterocycles. The second kappa shape index (κ2) is 76.0. The lowest BCUT2D eigenvalue weighted by molar-refractivity contribution is -0.00569. The van der Waals surface area contributed by atoms with Crippen LogP contribution in [0.4, 0.5) is 34.9 Å². The molecule has 3 N–H and O–H groups in total. The number of hydrogen-bond donors (Lipinski definition) is 3. The zero-order chi connectivity index (χ0) is 82.3. The first-order chi connectivity index (χ1) is 58.1. The van der Waals surface area contributed by atoms with Gasteiger partial charge in [0.15, 0.2) is 23.0 Å². The van der Waals surface area contributed by atoms with Crippen molar-refractivity contribution in [2.45, 2.75) is 182 Å². The van der Waals surface area contributed by atoms with Crippen molar-refractivity contribution >= 4 is 34.9 Å². The van der Waals surface area contributed by atoms with Gasteiger partial charge in [-0.1, -0.05) is 199 Å². The van der Waals surface area contributed by atoms with E-state index in [1.807, 2.05) is 66.7 Å². The zero-order valence-corrected chi connectivity index (χ0v) is 72.1. The molecule has 26 nitrogen and oxygen atoms in total. The number of anilines is 6.